The van der Waals surface area contributed by atoms with Gasteiger partial charge in [0, 0.05) is 16.5 Å². The average Bonchev–Trinajstić information content (AvgIpc) is 3.40. The van der Waals surface area contributed by atoms with E-state index in [9.17, 15) is 0 Å². The molecule has 49 heavy (non-hydrogen) atoms. The van der Waals surface area contributed by atoms with Gasteiger partial charge >= 0.3 is 0 Å². The molecule has 10 rings (SSSR count). The van der Waals surface area contributed by atoms with Gasteiger partial charge < -0.3 is 0 Å². The van der Waals surface area contributed by atoms with Gasteiger partial charge in [0.25, 0.3) is 0 Å². The summed E-state index contributed by atoms with van der Waals surface area (Å²) in [6.07, 6.45) is 0. The Labute approximate surface area is 285 Å². The molecule has 0 bridgehead atoms. The predicted molar refractivity (Wildman–Crippen MR) is 206 cm³/mol. The number of fused-ring (bicyclic) bond motifs is 10. The second-order valence-corrected chi connectivity index (χ2v) is 13.8. The van der Waals surface area contributed by atoms with Gasteiger partial charge in [-0.25, -0.2) is 9.97 Å². The molecular weight excluding hydrogens is 593 g/mol. The summed E-state index contributed by atoms with van der Waals surface area (Å²) >= 11 is 0. The molecule has 0 fully saturated rings. The van der Waals surface area contributed by atoms with E-state index in [2.05, 4.69) is 147 Å². The molecule has 8 aromatic carbocycles. The third-order valence-corrected chi connectivity index (χ3v) is 10.6. The Bertz CT molecular complexity index is 2780. The molecule has 230 valence electrons. The highest BCUT2D eigenvalue weighted by atomic mass is 14.8. The minimum atomic E-state index is -0.0681. The van der Waals surface area contributed by atoms with Gasteiger partial charge in [0.2, 0.25) is 0 Å². The summed E-state index contributed by atoms with van der Waals surface area (Å²) < 4.78 is 0. The minimum absolute atomic E-state index is 0.0681. The summed E-state index contributed by atoms with van der Waals surface area (Å²) in [5, 5.41) is 7.65. The molecule has 0 aliphatic heterocycles. The van der Waals surface area contributed by atoms with Crippen LogP contribution in [0.15, 0.2) is 158 Å². The summed E-state index contributed by atoms with van der Waals surface area (Å²) in [5.41, 5.74) is 13.5. The lowest BCUT2D eigenvalue weighted by Crippen LogP contribution is -2.15. The van der Waals surface area contributed by atoms with Crippen LogP contribution in [0.3, 0.4) is 0 Å². The van der Waals surface area contributed by atoms with Crippen molar-refractivity contribution in [2.24, 2.45) is 0 Å². The zero-order valence-corrected chi connectivity index (χ0v) is 27.4. The van der Waals surface area contributed by atoms with E-state index in [1.165, 1.54) is 65.7 Å². The highest BCUT2D eigenvalue weighted by molar-refractivity contribution is 6.22. The first-order valence-electron chi connectivity index (χ1n) is 17.0. The van der Waals surface area contributed by atoms with Crippen molar-refractivity contribution in [1.29, 1.82) is 0 Å². The molecular formula is C47H32N2. The van der Waals surface area contributed by atoms with E-state index in [0.717, 1.165) is 33.5 Å². The fourth-order valence-corrected chi connectivity index (χ4v) is 8.27. The second-order valence-electron chi connectivity index (χ2n) is 13.8. The first-order valence-corrected chi connectivity index (χ1v) is 17.0. The molecule has 2 nitrogen and oxygen atoms in total. The lowest BCUT2D eigenvalue weighted by molar-refractivity contribution is 0.666. The molecule has 1 heterocycles. The number of benzene rings is 8. The first kappa shape index (κ1) is 27.9. The molecule has 0 amide bonds. The molecule has 9 aromatic rings. The number of hydrogen-bond donors (Lipinski definition) is 0. The Morgan fingerprint density at radius 1 is 0.408 bits per heavy atom. The average molecular weight is 625 g/mol. The zero-order chi connectivity index (χ0) is 32.7. The van der Waals surface area contributed by atoms with E-state index in [0.29, 0.717) is 0 Å². The first-order chi connectivity index (χ1) is 24.0. The van der Waals surface area contributed by atoms with Crippen LogP contribution in [0.4, 0.5) is 0 Å². The van der Waals surface area contributed by atoms with Crippen LogP contribution in [0.2, 0.25) is 0 Å². The van der Waals surface area contributed by atoms with Crippen molar-refractivity contribution in [1.82, 2.24) is 9.97 Å². The Balaban J connectivity index is 1.16. The minimum Gasteiger partial charge on any atom is -0.244 e. The monoisotopic (exact) mass is 624 g/mol. The summed E-state index contributed by atoms with van der Waals surface area (Å²) in [7, 11) is 0. The Kier molecular flexibility index (Phi) is 5.95. The fraction of sp³-hybridized carbons (Fsp3) is 0.0638. The van der Waals surface area contributed by atoms with Crippen molar-refractivity contribution >= 4 is 43.4 Å². The third-order valence-electron chi connectivity index (χ3n) is 10.6. The van der Waals surface area contributed by atoms with Crippen molar-refractivity contribution in [3.63, 3.8) is 0 Å². The highest BCUT2D eigenvalue weighted by Crippen LogP contribution is 2.52. The molecule has 0 spiro atoms. The lowest BCUT2D eigenvalue weighted by atomic mass is 9.79. The summed E-state index contributed by atoms with van der Waals surface area (Å²) in [6.45, 7) is 4.74. The summed E-state index contributed by atoms with van der Waals surface area (Å²) in [5.74, 6) is 0. The van der Waals surface area contributed by atoms with Crippen LogP contribution >= 0.6 is 0 Å². The Morgan fingerprint density at radius 2 is 0.980 bits per heavy atom. The van der Waals surface area contributed by atoms with Gasteiger partial charge in [-0.3, -0.25) is 0 Å². The van der Waals surface area contributed by atoms with E-state index in [4.69, 9.17) is 9.97 Å². The maximum atomic E-state index is 5.23. The van der Waals surface area contributed by atoms with Crippen molar-refractivity contribution in [2.75, 3.05) is 0 Å². The van der Waals surface area contributed by atoms with Crippen LogP contribution in [0.25, 0.3) is 88.1 Å². The van der Waals surface area contributed by atoms with Gasteiger partial charge in [0.15, 0.2) is 0 Å². The molecule has 0 unspecified atom stereocenters. The van der Waals surface area contributed by atoms with Crippen LogP contribution in [0, 0.1) is 0 Å². The van der Waals surface area contributed by atoms with Gasteiger partial charge in [-0.2, -0.15) is 0 Å². The second kappa shape index (κ2) is 10.4. The summed E-state index contributed by atoms with van der Waals surface area (Å²) in [4.78, 5) is 10.4. The smallest absolute Gasteiger partial charge is 0.0973 e. The van der Waals surface area contributed by atoms with Gasteiger partial charge in [-0.1, -0.05) is 153 Å². The maximum Gasteiger partial charge on any atom is 0.0973 e. The molecule has 2 heteroatoms. The Hall–Kier alpha value is -6.12. The quantitative estimate of drug-likeness (QED) is 0.183. The van der Waals surface area contributed by atoms with Crippen molar-refractivity contribution < 1.29 is 0 Å². The van der Waals surface area contributed by atoms with E-state index >= 15 is 0 Å². The van der Waals surface area contributed by atoms with E-state index < -0.39 is 0 Å². The van der Waals surface area contributed by atoms with E-state index in [-0.39, 0.29) is 5.41 Å². The molecule has 1 aromatic heterocycles. The summed E-state index contributed by atoms with van der Waals surface area (Å²) in [6, 6.07) is 56.9. The molecule has 1 aliphatic rings. The number of rotatable bonds is 3. The fourth-order valence-electron chi connectivity index (χ4n) is 8.27. The zero-order valence-electron chi connectivity index (χ0n) is 27.4. The highest BCUT2D eigenvalue weighted by Gasteiger charge is 2.36. The van der Waals surface area contributed by atoms with Gasteiger partial charge in [0.05, 0.1) is 22.4 Å². The van der Waals surface area contributed by atoms with Gasteiger partial charge in [0.1, 0.15) is 0 Å². The SMILES string of the molecule is CC1(C)c2ccccc2-c2ccc3c(ccc4ccc5cc(-c6nc7ccccc7nc6-c6ccc(-c7ccccc7)cc6)ccc5c43)c21. The molecule has 0 saturated carbocycles. The topological polar surface area (TPSA) is 25.8 Å². The normalized spacial score (nSPS) is 13.3. The van der Waals surface area contributed by atoms with Crippen molar-refractivity contribution in [3.8, 4) is 44.8 Å². The van der Waals surface area contributed by atoms with Crippen molar-refractivity contribution in [3.05, 3.63) is 169 Å². The maximum absolute atomic E-state index is 5.23. The number of aromatic nitrogens is 2. The van der Waals surface area contributed by atoms with E-state index in [1.54, 1.807) is 0 Å². The molecule has 0 radical (unpaired) electrons. The third kappa shape index (κ3) is 4.20. The predicted octanol–water partition coefficient (Wildman–Crippen LogP) is 12.4. The van der Waals surface area contributed by atoms with Crippen LogP contribution in [-0.4, -0.2) is 9.97 Å². The molecule has 1 aliphatic carbocycles. The molecule has 0 N–H and O–H groups in total. The number of nitrogens with zero attached hydrogens (tertiary/aromatic N) is 2. The lowest BCUT2D eigenvalue weighted by Gasteiger charge is -2.23. The Morgan fingerprint density at radius 3 is 1.78 bits per heavy atom. The van der Waals surface area contributed by atoms with E-state index in [1.807, 2.05) is 24.3 Å². The largest absolute Gasteiger partial charge is 0.244 e. The van der Waals surface area contributed by atoms with Crippen LogP contribution in [0.5, 0.6) is 0 Å². The van der Waals surface area contributed by atoms with Crippen LogP contribution in [-0.2, 0) is 5.41 Å². The van der Waals surface area contributed by atoms with Crippen LogP contribution < -0.4 is 0 Å². The van der Waals surface area contributed by atoms with Gasteiger partial charge in [-0.15, -0.1) is 0 Å². The molecule has 0 atom stereocenters. The standard InChI is InChI=1S/C47H32N2/c1-47(2)40-13-7-6-12-36(40)38-27-26-37-39(44(38)47)25-22-31-18-21-33-28-34(23-24-35(33)43(31)37)46-45(48-41-14-8-9-15-42(41)49-46)32-19-16-30(17-20-32)29-10-4-3-5-11-29/h3-28H,1-2H3. The molecule has 0 saturated heterocycles. The van der Waals surface area contributed by atoms with Gasteiger partial charge in [-0.05, 0) is 83.9 Å². The number of para-hydroxylation sites is 2. The van der Waals surface area contributed by atoms with Crippen molar-refractivity contribution in [2.45, 2.75) is 19.3 Å². The van der Waals surface area contributed by atoms with Crippen LogP contribution in [0.1, 0.15) is 25.0 Å². The number of hydrogen-bond acceptors (Lipinski definition) is 2.